The van der Waals surface area contributed by atoms with Crippen molar-refractivity contribution in [2.45, 2.75) is 32.5 Å². The lowest BCUT2D eigenvalue weighted by Crippen LogP contribution is -2.43. The fraction of sp³-hybridized carbons (Fsp3) is 0.292. The fourth-order valence-electron chi connectivity index (χ4n) is 3.29. The molecule has 0 aromatic heterocycles. The number of carbonyl (C=O) groups excluding carboxylic acids is 1. The number of ether oxygens (including phenoxy) is 1. The van der Waals surface area contributed by atoms with Gasteiger partial charge < -0.3 is 10.1 Å². The molecule has 2 atom stereocenters. The van der Waals surface area contributed by atoms with Crippen LogP contribution in [0.15, 0.2) is 60.7 Å². The summed E-state index contributed by atoms with van der Waals surface area (Å²) in [5.41, 5.74) is 2.01. The van der Waals surface area contributed by atoms with Crippen LogP contribution in [0.1, 0.15) is 31.0 Å². The van der Waals surface area contributed by atoms with Gasteiger partial charge in [-0.1, -0.05) is 30.3 Å². The number of amides is 1. The van der Waals surface area contributed by atoms with Gasteiger partial charge in [-0.25, -0.2) is 4.39 Å². The molecule has 0 aliphatic rings. The van der Waals surface area contributed by atoms with Crippen LogP contribution < -0.4 is 10.1 Å². The molecule has 29 heavy (non-hydrogen) atoms. The molecule has 0 aliphatic carbocycles. The molecule has 2 unspecified atom stereocenters. The smallest absolute Gasteiger partial charge is 0.237 e. The van der Waals surface area contributed by atoms with Crippen molar-refractivity contribution >= 4 is 16.7 Å². The summed E-state index contributed by atoms with van der Waals surface area (Å²) in [5, 5.41) is 5.27. The van der Waals surface area contributed by atoms with Crippen molar-refractivity contribution in [2.24, 2.45) is 0 Å². The Morgan fingerprint density at radius 1 is 1.03 bits per heavy atom. The van der Waals surface area contributed by atoms with E-state index in [1.165, 1.54) is 12.1 Å². The Balaban J connectivity index is 1.63. The number of rotatable bonds is 7. The molecule has 3 aromatic carbocycles. The second-order valence-corrected chi connectivity index (χ2v) is 7.42. The average Bonchev–Trinajstić information content (AvgIpc) is 2.73. The van der Waals surface area contributed by atoms with E-state index in [-0.39, 0.29) is 23.8 Å². The molecule has 0 heterocycles. The average molecular weight is 394 g/mol. The first-order chi connectivity index (χ1) is 13.9. The lowest BCUT2D eigenvalue weighted by Gasteiger charge is -2.26. The normalized spacial score (nSPS) is 13.3. The van der Waals surface area contributed by atoms with Crippen LogP contribution in [-0.4, -0.2) is 31.0 Å². The van der Waals surface area contributed by atoms with Crippen LogP contribution in [0.2, 0.25) is 0 Å². The van der Waals surface area contributed by atoms with Crippen LogP contribution in [0.25, 0.3) is 10.8 Å². The van der Waals surface area contributed by atoms with Crippen LogP contribution in [0.4, 0.5) is 4.39 Å². The van der Waals surface area contributed by atoms with Gasteiger partial charge in [-0.2, -0.15) is 0 Å². The van der Waals surface area contributed by atoms with E-state index in [0.29, 0.717) is 6.54 Å². The predicted molar refractivity (Wildman–Crippen MR) is 114 cm³/mol. The van der Waals surface area contributed by atoms with Gasteiger partial charge in [0, 0.05) is 6.54 Å². The standard InChI is InChI=1S/C24H27FN2O2/c1-16(19-7-10-22(25)11-8-19)26-24(28)17(2)27(3)15-18-5-6-21-14-23(29-4)12-9-20(21)13-18/h5-14,16-17H,15H2,1-4H3,(H,26,28). The summed E-state index contributed by atoms with van der Waals surface area (Å²) >= 11 is 0. The summed E-state index contributed by atoms with van der Waals surface area (Å²) in [4.78, 5) is 14.7. The Bertz CT molecular complexity index is 988. The Hall–Kier alpha value is -2.92. The first kappa shape index (κ1) is 20.8. The third-order valence-corrected chi connectivity index (χ3v) is 5.31. The summed E-state index contributed by atoms with van der Waals surface area (Å²) in [5.74, 6) is 0.493. The summed E-state index contributed by atoms with van der Waals surface area (Å²) < 4.78 is 18.4. The molecular weight excluding hydrogens is 367 g/mol. The zero-order valence-corrected chi connectivity index (χ0v) is 17.3. The SMILES string of the molecule is COc1ccc2cc(CN(C)C(C)C(=O)NC(C)c3ccc(F)cc3)ccc2c1. The Labute approximate surface area is 171 Å². The highest BCUT2D eigenvalue weighted by Gasteiger charge is 2.20. The van der Waals surface area contributed by atoms with Gasteiger partial charge >= 0.3 is 0 Å². The van der Waals surface area contributed by atoms with Crippen LogP contribution >= 0.6 is 0 Å². The summed E-state index contributed by atoms with van der Waals surface area (Å²) in [6.07, 6.45) is 0. The highest BCUT2D eigenvalue weighted by atomic mass is 19.1. The van der Waals surface area contributed by atoms with Gasteiger partial charge in [-0.3, -0.25) is 9.69 Å². The van der Waals surface area contributed by atoms with Crippen molar-refractivity contribution in [2.75, 3.05) is 14.2 Å². The van der Waals surface area contributed by atoms with E-state index in [4.69, 9.17) is 4.74 Å². The van der Waals surface area contributed by atoms with Crippen LogP contribution in [-0.2, 0) is 11.3 Å². The Morgan fingerprint density at radius 3 is 2.38 bits per heavy atom. The van der Waals surface area contributed by atoms with Gasteiger partial charge in [0.25, 0.3) is 0 Å². The summed E-state index contributed by atoms with van der Waals surface area (Å²) in [6, 6.07) is 18.0. The van der Waals surface area contributed by atoms with Crippen molar-refractivity contribution in [3.05, 3.63) is 77.6 Å². The molecule has 0 saturated heterocycles. The number of hydrogen-bond donors (Lipinski definition) is 1. The molecule has 3 rings (SSSR count). The molecule has 5 heteroatoms. The van der Waals surface area contributed by atoms with Gasteiger partial charge in [-0.15, -0.1) is 0 Å². The van der Waals surface area contributed by atoms with E-state index in [1.807, 2.05) is 44.0 Å². The molecule has 152 valence electrons. The predicted octanol–water partition coefficient (Wildman–Crippen LogP) is 4.69. The van der Waals surface area contributed by atoms with Gasteiger partial charge in [0.1, 0.15) is 11.6 Å². The summed E-state index contributed by atoms with van der Waals surface area (Å²) in [7, 11) is 3.60. The van der Waals surface area contributed by atoms with Crippen molar-refractivity contribution in [3.63, 3.8) is 0 Å². The van der Waals surface area contributed by atoms with Gasteiger partial charge in [0.05, 0.1) is 19.2 Å². The third kappa shape index (κ3) is 5.12. The molecular formula is C24H27FN2O2. The molecule has 0 spiro atoms. The molecule has 0 aliphatic heterocycles. The second kappa shape index (κ2) is 9.05. The van der Waals surface area contributed by atoms with Crippen molar-refractivity contribution < 1.29 is 13.9 Å². The number of nitrogens with zero attached hydrogens (tertiary/aromatic N) is 1. The maximum absolute atomic E-state index is 13.1. The van der Waals surface area contributed by atoms with Gasteiger partial charge in [-0.05, 0) is 73.1 Å². The first-order valence-corrected chi connectivity index (χ1v) is 9.70. The van der Waals surface area contributed by atoms with E-state index in [1.54, 1.807) is 19.2 Å². The molecule has 1 amide bonds. The topological polar surface area (TPSA) is 41.6 Å². The molecule has 1 N–H and O–H groups in total. The summed E-state index contributed by atoms with van der Waals surface area (Å²) in [6.45, 7) is 4.44. The largest absolute Gasteiger partial charge is 0.497 e. The van der Waals surface area contributed by atoms with Crippen LogP contribution in [0, 0.1) is 5.82 Å². The number of fused-ring (bicyclic) bond motifs is 1. The zero-order valence-electron chi connectivity index (χ0n) is 17.3. The van der Waals surface area contributed by atoms with Crippen molar-refractivity contribution in [1.82, 2.24) is 10.2 Å². The quantitative estimate of drug-likeness (QED) is 0.632. The van der Waals surface area contributed by atoms with E-state index in [2.05, 4.69) is 23.5 Å². The number of nitrogens with one attached hydrogen (secondary N) is 1. The van der Waals surface area contributed by atoms with Gasteiger partial charge in [0.15, 0.2) is 0 Å². The van der Waals surface area contributed by atoms with Crippen LogP contribution in [0.5, 0.6) is 5.75 Å². The van der Waals surface area contributed by atoms with Crippen molar-refractivity contribution in [1.29, 1.82) is 0 Å². The van der Waals surface area contributed by atoms with E-state index < -0.39 is 0 Å². The maximum Gasteiger partial charge on any atom is 0.237 e. The number of carbonyl (C=O) groups is 1. The number of benzene rings is 3. The minimum Gasteiger partial charge on any atom is -0.497 e. The maximum atomic E-state index is 13.1. The molecule has 3 aromatic rings. The van der Waals surface area contributed by atoms with E-state index >= 15 is 0 Å². The first-order valence-electron chi connectivity index (χ1n) is 9.70. The highest BCUT2D eigenvalue weighted by Crippen LogP contribution is 2.22. The molecule has 0 bridgehead atoms. The van der Waals surface area contributed by atoms with Crippen LogP contribution in [0.3, 0.4) is 0 Å². The number of methoxy groups -OCH3 is 1. The number of halogens is 1. The van der Waals surface area contributed by atoms with Crippen molar-refractivity contribution in [3.8, 4) is 5.75 Å². The minimum atomic E-state index is -0.301. The highest BCUT2D eigenvalue weighted by molar-refractivity contribution is 5.84. The lowest BCUT2D eigenvalue weighted by molar-refractivity contribution is -0.126. The zero-order chi connectivity index (χ0) is 21.0. The second-order valence-electron chi connectivity index (χ2n) is 7.42. The number of likely N-dealkylation sites (N-methyl/N-ethyl adjacent to an activating group) is 1. The third-order valence-electron chi connectivity index (χ3n) is 5.31. The van der Waals surface area contributed by atoms with E-state index in [0.717, 1.165) is 27.6 Å². The Kier molecular flexibility index (Phi) is 6.49. The molecule has 0 radical (unpaired) electrons. The molecule has 0 fully saturated rings. The van der Waals surface area contributed by atoms with E-state index in [9.17, 15) is 9.18 Å². The van der Waals surface area contributed by atoms with Gasteiger partial charge in [0.2, 0.25) is 5.91 Å². The Morgan fingerprint density at radius 2 is 1.69 bits per heavy atom. The molecule has 0 saturated carbocycles. The monoisotopic (exact) mass is 394 g/mol. The molecule has 4 nitrogen and oxygen atoms in total. The minimum absolute atomic E-state index is 0.0603. The fourth-order valence-corrected chi connectivity index (χ4v) is 3.29. The lowest BCUT2D eigenvalue weighted by atomic mass is 10.1. The number of hydrogen-bond acceptors (Lipinski definition) is 3.